The summed E-state index contributed by atoms with van der Waals surface area (Å²) < 4.78 is 59.9. The zero-order valence-electron chi connectivity index (χ0n) is 26.8. The molecule has 1 aromatic heterocycles. The van der Waals surface area contributed by atoms with E-state index < -0.39 is 18.8 Å². The van der Waals surface area contributed by atoms with Crippen LogP contribution in [-0.2, 0) is 22.4 Å². The Kier molecular flexibility index (Phi) is 12.8. The van der Waals surface area contributed by atoms with Gasteiger partial charge in [0.1, 0.15) is 12.7 Å². The van der Waals surface area contributed by atoms with Gasteiger partial charge in [0.15, 0.2) is 23.0 Å². The van der Waals surface area contributed by atoms with Gasteiger partial charge in [-0.15, -0.1) is 0 Å². The molecule has 1 saturated carbocycles. The maximum Gasteiger partial charge on any atom is 0.410 e. The van der Waals surface area contributed by atoms with Crippen LogP contribution in [0.5, 0.6) is 23.0 Å². The van der Waals surface area contributed by atoms with Gasteiger partial charge >= 0.3 is 12.7 Å². The van der Waals surface area contributed by atoms with Gasteiger partial charge in [-0.2, -0.15) is 8.78 Å². The third-order valence-corrected chi connectivity index (χ3v) is 8.69. The molecule has 2 aliphatic rings. The number of hydrogen-bond acceptors (Lipinski definition) is 9. The lowest BCUT2D eigenvalue weighted by Crippen LogP contribution is -2.38. The fourth-order valence-electron chi connectivity index (χ4n) is 5.16. The fourth-order valence-corrected chi connectivity index (χ4v) is 5.68. The molecule has 1 aliphatic heterocycles. The number of halogens is 4. The van der Waals surface area contributed by atoms with Crippen LogP contribution < -0.4 is 18.9 Å². The van der Waals surface area contributed by atoms with Gasteiger partial charge in [0, 0.05) is 52.0 Å². The lowest BCUT2D eigenvalue weighted by molar-refractivity contribution is -0.0515. The third kappa shape index (κ3) is 10.2. The maximum absolute atomic E-state index is 13.5. The van der Waals surface area contributed by atoms with E-state index >= 15 is 0 Å². The SMILES string of the molecule is COc1cc(CN(C)C(=O)O[C@@H](Cc2c(Cl)cncc2Cl)c2ccc(OC(F)F)c(OCC3CC3)c2)ccc1OCCN1CCOCC1. The van der Waals surface area contributed by atoms with E-state index in [-0.39, 0.29) is 24.5 Å². The average Bonchev–Trinajstić information content (AvgIpc) is 3.91. The number of ether oxygens (including phenoxy) is 6. The summed E-state index contributed by atoms with van der Waals surface area (Å²) in [4.78, 5) is 21.2. The predicted octanol–water partition coefficient (Wildman–Crippen LogP) is 7.05. The van der Waals surface area contributed by atoms with Crippen molar-refractivity contribution >= 4 is 29.3 Å². The van der Waals surface area contributed by atoms with Crippen LogP contribution in [0.4, 0.5) is 13.6 Å². The minimum atomic E-state index is -3.04. The van der Waals surface area contributed by atoms with E-state index in [9.17, 15) is 13.6 Å². The molecule has 0 unspecified atom stereocenters. The standard InChI is InChI=1S/C34H39Cl2F2N3O7/c1-40(20-23-5-7-28(31(15-23)43-2)45-14-11-41-9-12-44-13-10-41)34(42)48-30(17-25-26(35)18-39-19-27(25)36)24-6-8-29(47-33(37)38)32(16-24)46-21-22-3-4-22/h5-8,15-16,18-19,22,30,33H,3-4,9-14,17,20-21H2,1-2H3/t30-/m0/s1. The molecule has 2 fully saturated rings. The molecule has 0 N–H and O–H groups in total. The number of rotatable bonds is 16. The second kappa shape index (κ2) is 17.2. The van der Waals surface area contributed by atoms with Crippen LogP contribution >= 0.6 is 23.2 Å². The van der Waals surface area contributed by atoms with Gasteiger partial charge in [-0.05, 0) is 59.7 Å². The molecule has 1 atom stereocenters. The maximum atomic E-state index is 13.5. The van der Waals surface area contributed by atoms with E-state index in [2.05, 4.69) is 9.88 Å². The average molecular weight is 711 g/mol. The number of carbonyl (C=O) groups is 1. The Morgan fingerprint density at radius 3 is 2.44 bits per heavy atom. The van der Waals surface area contributed by atoms with E-state index in [1.807, 2.05) is 18.2 Å². The topological polar surface area (TPSA) is 91.8 Å². The molecular formula is C34H39Cl2F2N3O7. The molecule has 3 aromatic rings. The Morgan fingerprint density at radius 2 is 1.75 bits per heavy atom. The first kappa shape index (κ1) is 35.7. The first-order valence-electron chi connectivity index (χ1n) is 15.7. The first-order valence-corrected chi connectivity index (χ1v) is 16.5. The van der Waals surface area contributed by atoms with Gasteiger partial charge < -0.3 is 33.3 Å². The van der Waals surface area contributed by atoms with Crippen molar-refractivity contribution in [3.63, 3.8) is 0 Å². The minimum absolute atomic E-state index is 0.0845. The number of methoxy groups -OCH3 is 1. The van der Waals surface area contributed by atoms with Crippen molar-refractivity contribution in [3.05, 3.63) is 75.5 Å². The molecule has 1 saturated heterocycles. The van der Waals surface area contributed by atoms with Crippen molar-refractivity contribution in [1.29, 1.82) is 0 Å². The van der Waals surface area contributed by atoms with Crippen LogP contribution in [-0.4, -0.2) is 87.7 Å². The molecule has 2 heterocycles. The van der Waals surface area contributed by atoms with Gasteiger partial charge in [0.2, 0.25) is 0 Å². The lowest BCUT2D eigenvalue weighted by Gasteiger charge is -2.26. The van der Waals surface area contributed by atoms with Crippen molar-refractivity contribution in [1.82, 2.24) is 14.8 Å². The van der Waals surface area contributed by atoms with E-state index in [0.717, 1.165) is 51.3 Å². The molecule has 1 aliphatic carbocycles. The predicted molar refractivity (Wildman–Crippen MR) is 176 cm³/mol. The van der Waals surface area contributed by atoms with Crippen LogP contribution in [0.2, 0.25) is 10.0 Å². The Bertz CT molecular complexity index is 1510. The van der Waals surface area contributed by atoms with Crippen LogP contribution in [0.1, 0.15) is 35.6 Å². The molecule has 260 valence electrons. The molecule has 0 bridgehead atoms. The zero-order chi connectivity index (χ0) is 34.0. The highest BCUT2D eigenvalue weighted by molar-refractivity contribution is 6.35. The summed E-state index contributed by atoms with van der Waals surface area (Å²) in [5.41, 5.74) is 1.78. The molecule has 0 spiro atoms. The van der Waals surface area contributed by atoms with E-state index in [1.165, 1.54) is 23.4 Å². The number of pyridine rings is 1. The van der Waals surface area contributed by atoms with Crippen molar-refractivity contribution in [3.8, 4) is 23.0 Å². The minimum Gasteiger partial charge on any atom is -0.493 e. The molecule has 5 rings (SSSR count). The highest BCUT2D eigenvalue weighted by Crippen LogP contribution is 2.38. The van der Waals surface area contributed by atoms with Crippen LogP contribution in [0.15, 0.2) is 48.8 Å². The number of amides is 1. The highest BCUT2D eigenvalue weighted by Gasteiger charge is 2.27. The number of benzene rings is 2. The summed E-state index contributed by atoms with van der Waals surface area (Å²) in [5.74, 6) is 1.52. The summed E-state index contributed by atoms with van der Waals surface area (Å²) in [7, 11) is 3.17. The number of nitrogens with zero attached hydrogens (tertiary/aromatic N) is 3. The van der Waals surface area contributed by atoms with Gasteiger partial charge in [-0.25, -0.2) is 4.79 Å². The van der Waals surface area contributed by atoms with Gasteiger partial charge in [0.25, 0.3) is 0 Å². The van der Waals surface area contributed by atoms with Crippen LogP contribution in [0.25, 0.3) is 0 Å². The summed E-state index contributed by atoms with van der Waals surface area (Å²) in [6.45, 7) is 1.98. The largest absolute Gasteiger partial charge is 0.493 e. The smallest absolute Gasteiger partial charge is 0.410 e. The van der Waals surface area contributed by atoms with Crippen molar-refractivity contribution < 1.29 is 42.0 Å². The number of hydrogen-bond donors (Lipinski definition) is 0. The highest BCUT2D eigenvalue weighted by atomic mass is 35.5. The zero-order valence-corrected chi connectivity index (χ0v) is 28.4. The van der Waals surface area contributed by atoms with Gasteiger partial charge in [-0.3, -0.25) is 9.88 Å². The van der Waals surface area contributed by atoms with E-state index in [1.54, 1.807) is 26.3 Å². The number of alkyl halides is 2. The molecule has 48 heavy (non-hydrogen) atoms. The Balaban J connectivity index is 1.30. The molecule has 2 aromatic carbocycles. The first-order chi connectivity index (χ1) is 23.2. The van der Waals surface area contributed by atoms with Gasteiger partial charge in [0.05, 0.1) is 37.0 Å². The number of morpholine rings is 1. The van der Waals surface area contributed by atoms with Gasteiger partial charge in [-0.1, -0.05) is 35.3 Å². The summed E-state index contributed by atoms with van der Waals surface area (Å²) in [6.07, 6.45) is 3.43. The Morgan fingerprint density at radius 1 is 1.02 bits per heavy atom. The Hall–Kier alpha value is -3.58. The second-order valence-electron chi connectivity index (χ2n) is 11.6. The molecule has 10 nitrogen and oxygen atoms in total. The quantitative estimate of drug-likeness (QED) is 0.155. The van der Waals surface area contributed by atoms with Crippen LogP contribution in [0, 0.1) is 5.92 Å². The second-order valence-corrected chi connectivity index (χ2v) is 12.5. The summed E-state index contributed by atoms with van der Waals surface area (Å²) >= 11 is 12.9. The van der Waals surface area contributed by atoms with Crippen molar-refractivity contribution in [2.24, 2.45) is 5.92 Å². The van der Waals surface area contributed by atoms with Crippen molar-refractivity contribution in [2.45, 2.75) is 38.5 Å². The summed E-state index contributed by atoms with van der Waals surface area (Å²) in [6, 6.07) is 9.95. The van der Waals surface area contributed by atoms with Crippen LogP contribution in [0.3, 0.4) is 0 Å². The molecule has 0 radical (unpaired) electrons. The summed E-state index contributed by atoms with van der Waals surface area (Å²) in [5, 5.41) is 0.582. The monoisotopic (exact) mass is 709 g/mol. The molecular weight excluding hydrogens is 671 g/mol. The Labute approximate surface area is 288 Å². The number of carbonyl (C=O) groups excluding carboxylic acids is 1. The van der Waals surface area contributed by atoms with Crippen molar-refractivity contribution in [2.75, 3.05) is 60.2 Å². The third-order valence-electron chi connectivity index (χ3n) is 8.04. The van der Waals surface area contributed by atoms with E-state index in [0.29, 0.717) is 51.8 Å². The molecule has 1 amide bonds. The number of aromatic nitrogens is 1. The lowest BCUT2D eigenvalue weighted by atomic mass is 10.0. The molecule has 14 heteroatoms. The normalized spacial score (nSPS) is 15.6. The fraction of sp³-hybridized carbons (Fsp3) is 0.471. The van der Waals surface area contributed by atoms with E-state index in [4.69, 9.17) is 51.6 Å².